The van der Waals surface area contributed by atoms with Crippen molar-refractivity contribution in [1.29, 1.82) is 0 Å². The van der Waals surface area contributed by atoms with E-state index in [1.165, 1.54) is 12.0 Å². The highest BCUT2D eigenvalue weighted by molar-refractivity contribution is 9.10. The Morgan fingerprint density at radius 1 is 1.00 bits per heavy atom. The van der Waals surface area contributed by atoms with Gasteiger partial charge in [0, 0.05) is 15.7 Å². The Hall–Kier alpha value is -3.71. The third kappa shape index (κ3) is 4.39. The summed E-state index contributed by atoms with van der Waals surface area (Å²) in [6, 6.07) is 20.3. The van der Waals surface area contributed by atoms with Gasteiger partial charge in [0.05, 0.1) is 25.1 Å². The van der Waals surface area contributed by atoms with E-state index in [2.05, 4.69) is 15.9 Å². The van der Waals surface area contributed by atoms with Crippen LogP contribution in [0.2, 0.25) is 0 Å². The number of anilines is 1. The summed E-state index contributed by atoms with van der Waals surface area (Å²) in [5.74, 6) is -2.09. The first-order valence-corrected chi connectivity index (χ1v) is 11.4. The van der Waals surface area contributed by atoms with Crippen LogP contribution in [0.4, 0.5) is 5.69 Å². The molecule has 1 unspecified atom stereocenters. The van der Waals surface area contributed by atoms with Gasteiger partial charge in [0.25, 0.3) is 11.7 Å². The molecular formula is C27H22BrNO5. The van der Waals surface area contributed by atoms with Gasteiger partial charge in [-0.15, -0.1) is 0 Å². The summed E-state index contributed by atoms with van der Waals surface area (Å²) in [5, 5.41) is 11.2. The number of Topliss-reactive ketones (excluding diaryl/α,β-unsaturated/α-hetero) is 1. The van der Waals surface area contributed by atoms with Crippen LogP contribution in [0.1, 0.15) is 28.3 Å². The van der Waals surface area contributed by atoms with Crippen molar-refractivity contribution in [2.45, 2.75) is 19.4 Å². The molecule has 1 saturated heterocycles. The molecule has 34 heavy (non-hydrogen) atoms. The monoisotopic (exact) mass is 519 g/mol. The fourth-order valence-corrected chi connectivity index (χ4v) is 4.33. The Labute approximate surface area is 205 Å². The minimum atomic E-state index is -0.809. The topological polar surface area (TPSA) is 83.9 Å². The van der Waals surface area contributed by atoms with Gasteiger partial charge >= 0.3 is 5.97 Å². The number of amides is 1. The number of hydrogen-bond donors (Lipinski definition) is 1. The number of halogens is 1. The minimum absolute atomic E-state index is 0.0280. The molecule has 1 amide bonds. The van der Waals surface area contributed by atoms with Crippen molar-refractivity contribution in [3.63, 3.8) is 0 Å². The van der Waals surface area contributed by atoms with E-state index in [1.807, 2.05) is 31.2 Å². The highest BCUT2D eigenvalue weighted by Crippen LogP contribution is 2.43. The third-order valence-electron chi connectivity index (χ3n) is 5.84. The maximum Gasteiger partial charge on any atom is 0.309 e. The SMILES string of the molecule is COC(=O)Cc1ccc(N2C(=O)C(=O)/C(=C(\O)c3ccc(Br)cc3)C2c2ccccc2C)cc1. The molecule has 0 radical (unpaired) electrons. The Kier molecular flexibility index (Phi) is 6.65. The molecule has 0 aliphatic carbocycles. The molecule has 1 atom stereocenters. The van der Waals surface area contributed by atoms with E-state index in [9.17, 15) is 19.5 Å². The van der Waals surface area contributed by atoms with Crippen molar-refractivity contribution in [2.75, 3.05) is 12.0 Å². The van der Waals surface area contributed by atoms with Crippen molar-refractivity contribution < 1.29 is 24.2 Å². The van der Waals surface area contributed by atoms with Crippen molar-refractivity contribution in [2.24, 2.45) is 0 Å². The predicted molar refractivity (Wildman–Crippen MR) is 132 cm³/mol. The number of aryl methyl sites for hydroxylation is 1. The molecule has 0 aromatic heterocycles. The Bertz CT molecular complexity index is 1300. The Balaban J connectivity index is 1.86. The molecule has 6 nitrogen and oxygen atoms in total. The average Bonchev–Trinajstić information content (AvgIpc) is 3.10. The van der Waals surface area contributed by atoms with Gasteiger partial charge in [-0.25, -0.2) is 0 Å². The molecule has 1 N–H and O–H groups in total. The Morgan fingerprint density at radius 3 is 2.26 bits per heavy atom. The fraction of sp³-hybridized carbons (Fsp3) is 0.148. The van der Waals surface area contributed by atoms with Gasteiger partial charge in [0.15, 0.2) is 0 Å². The van der Waals surface area contributed by atoms with Gasteiger partial charge in [-0.2, -0.15) is 0 Å². The summed E-state index contributed by atoms with van der Waals surface area (Å²) in [5.41, 5.74) is 3.28. The molecule has 3 aromatic rings. The van der Waals surface area contributed by atoms with E-state index in [1.54, 1.807) is 48.5 Å². The molecule has 1 aliphatic heterocycles. The quantitative estimate of drug-likeness (QED) is 0.219. The number of aliphatic hydroxyl groups is 1. The zero-order valence-electron chi connectivity index (χ0n) is 18.6. The predicted octanol–water partition coefficient (Wildman–Crippen LogP) is 5.10. The van der Waals surface area contributed by atoms with Crippen LogP contribution < -0.4 is 4.90 Å². The molecule has 3 aromatic carbocycles. The molecular weight excluding hydrogens is 498 g/mol. The number of ketones is 1. The lowest BCUT2D eigenvalue weighted by Crippen LogP contribution is -2.29. The molecule has 172 valence electrons. The zero-order chi connectivity index (χ0) is 24.4. The number of aliphatic hydroxyl groups excluding tert-OH is 1. The molecule has 0 saturated carbocycles. The average molecular weight is 520 g/mol. The number of carbonyl (C=O) groups excluding carboxylic acids is 3. The summed E-state index contributed by atoms with van der Waals surface area (Å²) in [7, 11) is 1.32. The van der Waals surface area contributed by atoms with E-state index in [0.29, 0.717) is 11.3 Å². The highest BCUT2D eigenvalue weighted by atomic mass is 79.9. The third-order valence-corrected chi connectivity index (χ3v) is 6.36. The molecule has 1 fully saturated rings. The van der Waals surface area contributed by atoms with E-state index in [-0.39, 0.29) is 23.7 Å². The van der Waals surface area contributed by atoms with E-state index >= 15 is 0 Å². The highest BCUT2D eigenvalue weighted by Gasteiger charge is 2.47. The van der Waals surface area contributed by atoms with Gasteiger partial charge in [0.1, 0.15) is 5.76 Å². The molecule has 1 heterocycles. The van der Waals surface area contributed by atoms with Crippen LogP contribution in [0, 0.1) is 6.92 Å². The van der Waals surface area contributed by atoms with Gasteiger partial charge in [-0.1, -0.05) is 64.5 Å². The van der Waals surface area contributed by atoms with E-state index < -0.39 is 17.7 Å². The van der Waals surface area contributed by atoms with Gasteiger partial charge < -0.3 is 9.84 Å². The second kappa shape index (κ2) is 9.65. The second-order valence-corrected chi connectivity index (χ2v) is 8.87. The number of hydrogen-bond acceptors (Lipinski definition) is 5. The number of carbonyl (C=O) groups is 3. The zero-order valence-corrected chi connectivity index (χ0v) is 20.2. The van der Waals surface area contributed by atoms with E-state index in [4.69, 9.17) is 4.74 Å². The number of rotatable bonds is 5. The first-order chi connectivity index (χ1) is 16.3. The maximum atomic E-state index is 13.3. The van der Waals surface area contributed by atoms with Gasteiger partial charge in [-0.3, -0.25) is 19.3 Å². The van der Waals surface area contributed by atoms with Crippen molar-refractivity contribution in [3.8, 4) is 0 Å². The minimum Gasteiger partial charge on any atom is -0.507 e. The normalized spacial score (nSPS) is 17.1. The summed E-state index contributed by atoms with van der Waals surface area (Å²) >= 11 is 3.37. The van der Waals surface area contributed by atoms with Crippen molar-refractivity contribution >= 4 is 45.0 Å². The molecule has 0 bridgehead atoms. The lowest BCUT2D eigenvalue weighted by Gasteiger charge is -2.26. The Morgan fingerprint density at radius 2 is 1.65 bits per heavy atom. The van der Waals surface area contributed by atoms with Crippen LogP contribution in [0.5, 0.6) is 0 Å². The number of methoxy groups -OCH3 is 1. The number of esters is 1. The first-order valence-electron chi connectivity index (χ1n) is 10.6. The maximum absolute atomic E-state index is 13.3. The van der Waals surface area contributed by atoms with Crippen LogP contribution in [-0.2, 0) is 25.5 Å². The van der Waals surface area contributed by atoms with Crippen molar-refractivity contribution in [3.05, 3.63) is 105 Å². The first kappa shape index (κ1) is 23.4. The smallest absolute Gasteiger partial charge is 0.309 e. The van der Waals surface area contributed by atoms with Crippen LogP contribution in [0.15, 0.2) is 82.8 Å². The van der Waals surface area contributed by atoms with Gasteiger partial charge in [0.2, 0.25) is 0 Å². The molecule has 7 heteroatoms. The standard InChI is InChI=1S/C27H22BrNO5/c1-16-5-3-4-6-21(16)24-23(25(31)18-9-11-19(28)12-10-18)26(32)27(33)29(24)20-13-7-17(8-14-20)15-22(30)34-2/h3-14,24,31H,15H2,1-2H3/b25-23-. The van der Waals surface area contributed by atoms with Crippen molar-refractivity contribution in [1.82, 2.24) is 0 Å². The lowest BCUT2D eigenvalue weighted by atomic mass is 9.92. The van der Waals surface area contributed by atoms with Crippen LogP contribution in [-0.4, -0.2) is 29.9 Å². The van der Waals surface area contributed by atoms with E-state index in [0.717, 1.165) is 21.2 Å². The fourth-order valence-electron chi connectivity index (χ4n) is 4.06. The van der Waals surface area contributed by atoms with Crippen LogP contribution >= 0.6 is 15.9 Å². The summed E-state index contributed by atoms with van der Waals surface area (Å²) in [6.07, 6.45) is 0.0976. The largest absolute Gasteiger partial charge is 0.507 e. The van der Waals surface area contributed by atoms with Crippen LogP contribution in [0.25, 0.3) is 5.76 Å². The van der Waals surface area contributed by atoms with Crippen LogP contribution in [0.3, 0.4) is 0 Å². The molecule has 0 spiro atoms. The number of nitrogens with zero attached hydrogens (tertiary/aromatic N) is 1. The second-order valence-electron chi connectivity index (χ2n) is 7.95. The summed E-state index contributed by atoms with van der Waals surface area (Å²) < 4.78 is 5.53. The molecule has 4 rings (SSSR count). The number of ether oxygens (including phenoxy) is 1. The summed E-state index contributed by atoms with van der Waals surface area (Å²) in [6.45, 7) is 1.90. The number of benzene rings is 3. The summed E-state index contributed by atoms with van der Waals surface area (Å²) in [4.78, 5) is 39.5. The molecule has 1 aliphatic rings. The lowest BCUT2D eigenvalue weighted by molar-refractivity contribution is -0.139. The van der Waals surface area contributed by atoms with Gasteiger partial charge in [-0.05, 0) is 47.9 Å².